The maximum absolute atomic E-state index is 14.8. The number of nitrogens with zero attached hydrogens (tertiary/aromatic N) is 4. The maximum Gasteiger partial charge on any atom is 0.408 e. The Morgan fingerprint density at radius 3 is 2.91 bits per heavy atom. The number of carboxylic acid groups (broad SMARTS) is 1. The first-order valence-corrected chi connectivity index (χ1v) is 7.32. The lowest BCUT2D eigenvalue weighted by Gasteiger charge is -2.50. The molecule has 22 heavy (non-hydrogen) atoms. The standard InChI is InChI=1S/C13H16ClFN4O3/c1-18(11-3-2-10(14)16-17-11)8-4-7-5-22-6-9(12(8)15)19(7)13(20)21/h2-3,7-9,12H,4-6H2,1H3,(H,20,21)/t7-,8+,9-,12+/m0/s1. The Morgan fingerprint density at radius 1 is 1.50 bits per heavy atom. The first-order valence-electron chi connectivity index (χ1n) is 6.94. The molecule has 3 heterocycles. The van der Waals surface area contributed by atoms with Crippen molar-refractivity contribution in [1.82, 2.24) is 15.1 Å². The van der Waals surface area contributed by atoms with Gasteiger partial charge in [-0.25, -0.2) is 9.18 Å². The third kappa shape index (κ3) is 2.56. The molecular formula is C13H16ClFN4O3. The zero-order valence-electron chi connectivity index (χ0n) is 11.9. The van der Waals surface area contributed by atoms with Crippen LogP contribution in [0.3, 0.4) is 0 Å². The van der Waals surface area contributed by atoms with Gasteiger partial charge in [0, 0.05) is 7.05 Å². The number of fused-ring (bicyclic) bond motifs is 2. The average molecular weight is 331 g/mol. The highest BCUT2D eigenvalue weighted by Crippen LogP contribution is 2.33. The summed E-state index contributed by atoms with van der Waals surface area (Å²) in [5.41, 5.74) is 0. The molecule has 0 unspecified atom stereocenters. The predicted molar refractivity (Wildman–Crippen MR) is 77.0 cm³/mol. The van der Waals surface area contributed by atoms with E-state index < -0.39 is 24.3 Å². The van der Waals surface area contributed by atoms with E-state index in [1.807, 2.05) is 0 Å². The van der Waals surface area contributed by atoms with Crippen LogP contribution in [0.2, 0.25) is 5.15 Å². The molecule has 3 rings (SSSR count). The van der Waals surface area contributed by atoms with E-state index in [4.69, 9.17) is 16.3 Å². The molecule has 0 radical (unpaired) electrons. The third-order valence-corrected chi connectivity index (χ3v) is 4.50. The van der Waals surface area contributed by atoms with Gasteiger partial charge in [0.15, 0.2) is 11.0 Å². The summed E-state index contributed by atoms with van der Waals surface area (Å²) < 4.78 is 20.2. The lowest BCUT2D eigenvalue weighted by Crippen LogP contribution is -2.67. The Morgan fingerprint density at radius 2 is 2.27 bits per heavy atom. The number of amides is 1. The molecule has 7 nitrogen and oxygen atoms in total. The Labute approximate surface area is 131 Å². The van der Waals surface area contributed by atoms with Crippen LogP contribution in [0, 0.1) is 0 Å². The van der Waals surface area contributed by atoms with E-state index in [-0.39, 0.29) is 24.4 Å². The van der Waals surface area contributed by atoms with Gasteiger partial charge in [-0.1, -0.05) is 11.6 Å². The van der Waals surface area contributed by atoms with Crippen molar-refractivity contribution in [1.29, 1.82) is 0 Å². The Bertz CT molecular complexity index is 561. The van der Waals surface area contributed by atoms with Crippen LogP contribution in [0.1, 0.15) is 6.42 Å². The van der Waals surface area contributed by atoms with Crippen LogP contribution < -0.4 is 4.90 Å². The largest absolute Gasteiger partial charge is 0.465 e. The van der Waals surface area contributed by atoms with Crippen LogP contribution >= 0.6 is 11.6 Å². The van der Waals surface area contributed by atoms with Crippen molar-refractivity contribution in [3.63, 3.8) is 0 Å². The fourth-order valence-electron chi connectivity index (χ4n) is 3.19. The minimum Gasteiger partial charge on any atom is -0.465 e. The molecule has 9 heteroatoms. The number of halogens is 2. The van der Waals surface area contributed by atoms with E-state index in [0.29, 0.717) is 12.2 Å². The molecule has 0 spiro atoms. The molecule has 2 fully saturated rings. The van der Waals surface area contributed by atoms with Gasteiger partial charge in [-0.05, 0) is 18.6 Å². The molecule has 1 aromatic heterocycles. The molecule has 120 valence electrons. The van der Waals surface area contributed by atoms with Crippen LogP contribution in [0.4, 0.5) is 15.0 Å². The second-order valence-electron chi connectivity index (χ2n) is 5.52. The minimum absolute atomic E-state index is 0.0700. The fourth-order valence-corrected chi connectivity index (χ4v) is 3.29. The molecule has 2 aliphatic heterocycles. The van der Waals surface area contributed by atoms with Crippen molar-refractivity contribution in [2.24, 2.45) is 0 Å². The van der Waals surface area contributed by atoms with Gasteiger partial charge >= 0.3 is 6.09 Å². The highest BCUT2D eigenvalue weighted by molar-refractivity contribution is 6.29. The number of hydrogen-bond acceptors (Lipinski definition) is 5. The van der Waals surface area contributed by atoms with E-state index in [0.717, 1.165) is 0 Å². The SMILES string of the molecule is CN(c1ccc(Cl)nn1)[C@@H]1C[C@H]2COC[C@@H]([C@@H]1F)N2C(=O)O. The Kier molecular flexibility index (Phi) is 4.05. The van der Waals surface area contributed by atoms with Crippen LogP contribution in [-0.4, -0.2) is 70.9 Å². The van der Waals surface area contributed by atoms with Gasteiger partial charge in [0.05, 0.1) is 31.3 Å². The van der Waals surface area contributed by atoms with Gasteiger partial charge in [-0.15, -0.1) is 10.2 Å². The second kappa shape index (κ2) is 5.85. The normalized spacial score (nSPS) is 31.0. The van der Waals surface area contributed by atoms with Crippen molar-refractivity contribution in [2.45, 2.75) is 30.7 Å². The van der Waals surface area contributed by atoms with Crippen molar-refractivity contribution < 1.29 is 19.0 Å². The summed E-state index contributed by atoms with van der Waals surface area (Å²) in [6.45, 7) is 0.354. The fraction of sp³-hybridized carbons (Fsp3) is 0.615. The molecule has 2 aliphatic rings. The highest BCUT2D eigenvalue weighted by atomic mass is 35.5. The van der Waals surface area contributed by atoms with Gasteiger partial charge in [0.1, 0.15) is 6.17 Å². The number of aromatic nitrogens is 2. The number of anilines is 1. The van der Waals surface area contributed by atoms with Crippen molar-refractivity contribution in [2.75, 3.05) is 25.2 Å². The molecule has 0 saturated carbocycles. The number of hydrogen-bond donors (Lipinski definition) is 1. The minimum atomic E-state index is -1.37. The summed E-state index contributed by atoms with van der Waals surface area (Å²) in [5, 5.41) is 17.3. The number of carbonyl (C=O) groups is 1. The van der Waals surface area contributed by atoms with E-state index in [1.54, 1.807) is 24.1 Å². The predicted octanol–water partition coefficient (Wildman–Crippen LogP) is 1.42. The maximum atomic E-state index is 14.8. The number of alkyl halides is 1. The van der Waals surface area contributed by atoms with E-state index in [2.05, 4.69) is 10.2 Å². The van der Waals surface area contributed by atoms with Gasteiger partial charge in [0.2, 0.25) is 0 Å². The van der Waals surface area contributed by atoms with Gasteiger partial charge in [0.25, 0.3) is 0 Å². The second-order valence-corrected chi connectivity index (χ2v) is 5.91. The number of piperidine rings is 1. The van der Waals surface area contributed by atoms with Gasteiger partial charge in [-0.3, -0.25) is 4.90 Å². The lowest BCUT2D eigenvalue weighted by atomic mass is 9.88. The summed E-state index contributed by atoms with van der Waals surface area (Å²) in [6.07, 6.45) is -2.13. The van der Waals surface area contributed by atoms with Crippen molar-refractivity contribution in [3.05, 3.63) is 17.3 Å². The molecule has 2 saturated heterocycles. The molecule has 2 bridgehead atoms. The highest BCUT2D eigenvalue weighted by Gasteiger charge is 2.49. The zero-order valence-corrected chi connectivity index (χ0v) is 12.6. The molecule has 4 atom stereocenters. The Balaban J connectivity index is 1.83. The van der Waals surface area contributed by atoms with Crippen molar-refractivity contribution in [3.8, 4) is 0 Å². The summed E-state index contributed by atoms with van der Waals surface area (Å²) >= 11 is 5.71. The number of rotatable bonds is 2. The number of morpholine rings is 1. The lowest BCUT2D eigenvalue weighted by molar-refractivity contribution is -0.0940. The Hall–Kier alpha value is -1.67. The van der Waals surface area contributed by atoms with Gasteiger partial charge < -0.3 is 14.7 Å². The van der Waals surface area contributed by atoms with E-state index in [9.17, 15) is 14.3 Å². The summed E-state index contributed by atoms with van der Waals surface area (Å²) in [5.74, 6) is 0.500. The van der Waals surface area contributed by atoms with Crippen LogP contribution in [0.25, 0.3) is 0 Å². The smallest absolute Gasteiger partial charge is 0.408 e. The quantitative estimate of drug-likeness (QED) is 0.883. The topological polar surface area (TPSA) is 78.8 Å². The van der Waals surface area contributed by atoms with Crippen LogP contribution in [0.5, 0.6) is 0 Å². The molecule has 0 aromatic carbocycles. The molecule has 0 aliphatic carbocycles. The van der Waals surface area contributed by atoms with Crippen LogP contribution in [0.15, 0.2) is 12.1 Å². The van der Waals surface area contributed by atoms with Crippen molar-refractivity contribution >= 4 is 23.5 Å². The first kappa shape index (κ1) is 15.2. The monoisotopic (exact) mass is 330 g/mol. The van der Waals surface area contributed by atoms with E-state index in [1.165, 1.54) is 4.90 Å². The molecule has 1 aromatic rings. The average Bonchev–Trinajstić information content (AvgIpc) is 2.50. The van der Waals surface area contributed by atoms with Crippen LogP contribution in [-0.2, 0) is 4.74 Å². The first-order chi connectivity index (χ1) is 10.5. The third-order valence-electron chi connectivity index (χ3n) is 4.30. The summed E-state index contributed by atoms with van der Waals surface area (Å²) in [4.78, 5) is 14.2. The summed E-state index contributed by atoms with van der Waals surface area (Å²) in [7, 11) is 1.72. The number of ether oxygens (including phenoxy) is 1. The molecule has 1 N–H and O–H groups in total. The van der Waals surface area contributed by atoms with E-state index >= 15 is 0 Å². The zero-order chi connectivity index (χ0) is 15.9. The molecular weight excluding hydrogens is 315 g/mol. The molecule has 1 amide bonds. The summed E-state index contributed by atoms with van der Waals surface area (Å²) in [6, 6.07) is 1.63. The van der Waals surface area contributed by atoms with Gasteiger partial charge in [-0.2, -0.15) is 0 Å².